The third-order valence-corrected chi connectivity index (χ3v) is 2.47. The van der Waals surface area contributed by atoms with E-state index in [0.29, 0.717) is 12.4 Å². The molecule has 1 aromatic carbocycles. The molecule has 1 rings (SSSR count). The van der Waals surface area contributed by atoms with Crippen molar-refractivity contribution in [3.8, 4) is 5.75 Å². The monoisotopic (exact) mass is 309 g/mol. The molecule has 0 radical (unpaired) electrons. The fourth-order valence-corrected chi connectivity index (χ4v) is 1.53. The summed E-state index contributed by atoms with van der Waals surface area (Å²) in [4.78, 5) is 11.2. The summed E-state index contributed by atoms with van der Waals surface area (Å²) < 4.78 is 37.0. The van der Waals surface area contributed by atoms with Gasteiger partial charge in [-0.05, 0) is 31.5 Å². The van der Waals surface area contributed by atoms with Crippen LogP contribution in [0.4, 0.5) is 8.78 Å². The van der Waals surface area contributed by atoms with Crippen molar-refractivity contribution >= 4 is 18.4 Å². The first kappa shape index (κ1) is 18.6. The Kier molecular flexibility index (Phi) is 7.45. The molecule has 0 unspecified atom stereocenters. The Hall–Kier alpha value is -1.40. The van der Waals surface area contributed by atoms with E-state index in [-0.39, 0.29) is 24.6 Å². The van der Waals surface area contributed by atoms with Crippen LogP contribution in [0.1, 0.15) is 25.5 Å². The zero-order valence-electron chi connectivity index (χ0n) is 11.3. The van der Waals surface area contributed by atoms with Gasteiger partial charge in [-0.3, -0.25) is 0 Å². The van der Waals surface area contributed by atoms with E-state index in [1.807, 2.05) is 0 Å². The Bertz CT molecular complexity index is 443. The Morgan fingerprint density at radius 2 is 2.00 bits per heavy atom. The molecular formula is C13H18ClF2NO3. The molecule has 4 nitrogen and oxygen atoms in total. The van der Waals surface area contributed by atoms with Gasteiger partial charge in [-0.25, -0.2) is 4.79 Å². The van der Waals surface area contributed by atoms with Gasteiger partial charge in [-0.2, -0.15) is 8.78 Å². The van der Waals surface area contributed by atoms with Crippen LogP contribution in [-0.4, -0.2) is 25.1 Å². The maximum absolute atomic E-state index is 13.8. The fraction of sp³-hybridized carbons (Fsp3) is 0.462. The molecule has 0 aromatic heterocycles. The average molecular weight is 310 g/mol. The van der Waals surface area contributed by atoms with Crippen molar-refractivity contribution in [1.29, 1.82) is 0 Å². The number of benzene rings is 1. The Balaban J connectivity index is 0.00000361. The van der Waals surface area contributed by atoms with Crippen molar-refractivity contribution in [1.82, 2.24) is 0 Å². The van der Waals surface area contributed by atoms with Crippen LogP contribution in [0.25, 0.3) is 0 Å². The summed E-state index contributed by atoms with van der Waals surface area (Å²) in [6.07, 6.45) is 0. The number of alkyl halides is 2. The molecule has 0 saturated carbocycles. The quantitative estimate of drug-likeness (QED) is 0.821. The summed E-state index contributed by atoms with van der Waals surface area (Å²) in [5.41, 5.74) is 5.58. The standard InChI is InChI=1S/C13H17F2NO3.ClH/c1-3-18-10-7-5-6-9(8-10)11(16)13(14,15)12(17)19-4-2;/h5-8,11H,3-4,16H2,1-2H3;1H/t11-;/m1./s1. The van der Waals surface area contributed by atoms with Gasteiger partial charge in [0.05, 0.1) is 13.2 Å². The molecule has 0 heterocycles. The van der Waals surface area contributed by atoms with Gasteiger partial charge in [0.15, 0.2) is 0 Å². The predicted octanol–water partition coefficient (Wildman–Crippen LogP) is 2.71. The molecule has 0 aliphatic heterocycles. The highest BCUT2D eigenvalue weighted by Crippen LogP contribution is 2.32. The average Bonchev–Trinajstić information content (AvgIpc) is 2.38. The van der Waals surface area contributed by atoms with Gasteiger partial charge in [-0.1, -0.05) is 12.1 Å². The zero-order chi connectivity index (χ0) is 14.5. The molecular weight excluding hydrogens is 292 g/mol. The summed E-state index contributed by atoms with van der Waals surface area (Å²) >= 11 is 0. The minimum absolute atomic E-state index is 0. The minimum atomic E-state index is -3.78. The molecule has 114 valence electrons. The second-order valence-electron chi connectivity index (χ2n) is 3.83. The maximum Gasteiger partial charge on any atom is 0.379 e. The fourth-order valence-electron chi connectivity index (χ4n) is 1.53. The number of esters is 1. The first-order valence-electron chi connectivity index (χ1n) is 5.96. The Labute approximate surface area is 122 Å². The number of carbonyl (C=O) groups is 1. The highest BCUT2D eigenvalue weighted by Gasteiger charge is 2.47. The summed E-state index contributed by atoms with van der Waals surface area (Å²) in [5, 5.41) is 0. The molecule has 1 aromatic rings. The third kappa shape index (κ3) is 4.31. The van der Waals surface area contributed by atoms with Gasteiger partial charge >= 0.3 is 11.9 Å². The van der Waals surface area contributed by atoms with Gasteiger partial charge in [0.25, 0.3) is 0 Å². The topological polar surface area (TPSA) is 61.5 Å². The number of nitrogens with two attached hydrogens (primary N) is 1. The van der Waals surface area contributed by atoms with E-state index in [0.717, 1.165) is 0 Å². The van der Waals surface area contributed by atoms with Crippen molar-refractivity contribution in [2.75, 3.05) is 13.2 Å². The van der Waals surface area contributed by atoms with Crippen LogP contribution in [0.15, 0.2) is 24.3 Å². The smallest absolute Gasteiger partial charge is 0.379 e. The number of halogens is 3. The van der Waals surface area contributed by atoms with Gasteiger partial charge in [0.1, 0.15) is 11.8 Å². The van der Waals surface area contributed by atoms with Crippen LogP contribution < -0.4 is 10.5 Å². The van der Waals surface area contributed by atoms with E-state index in [1.54, 1.807) is 19.1 Å². The lowest BCUT2D eigenvalue weighted by Gasteiger charge is -2.22. The summed E-state index contributed by atoms with van der Waals surface area (Å²) in [5.74, 6) is -4.97. The number of ether oxygens (including phenoxy) is 2. The Morgan fingerprint density at radius 1 is 1.35 bits per heavy atom. The van der Waals surface area contributed by atoms with Gasteiger partial charge < -0.3 is 15.2 Å². The van der Waals surface area contributed by atoms with Crippen molar-refractivity contribution in [2.24, 2.45) is 5.73 Å². The van der Waals surface area contributed by atoms with Gasteiger partial charge in [-0.15, -0.1) is 12.4 Å². The van der Waals surface area contributed by atoms with Gasteiger partial charge in [0.2, 0.25) is 0 Å². The number of hydrogen-bond donors (Lipinski definition) is 1. The molecule has 20 heavy (non-hydrogen) atoms. The van der Waals surface area contributed by atoms with Crippen LogP contribution in [0, 0.1) is 0 Å². The van der Waals surface area contributed by atoms with Crippen molar-refractivity contribution < 1.29 is 23.0 Å². The van der Waals surface area contributed by atoms with Crippen molar-refractivity contribution in [3.63, 3.8) is 0 Å². The number of hydrogen-bond acceptors (Lipinski definition) is 4. The molecule has 0 fully saturated rings. The largest absolute Gasteiger partial charge is 0.494 e. The molecule has 2 N–H and O–H groups in total. The SMILES string of the molecule is CCOC(=O)C(F)(F)[C@H](N)c1cccc(OCC)c1.Cl. The number of carbonyl (C=O) groups excluding carboxylic acids is 1. The third-order valence-electron chi connectivity index (χ3n) is 2.47. The normalized spacial score (nSPS) is 12.2. The molecule has 0 bridgehead atoms. The lowest BCUT2D eigenvalue weighted by atomic mass is 10.0. The maximum atomic E-state index is 13.8. The minimum Gasteiger partial charge on any atom is -0.494 e. The van der Waals surface area contributed by atoms with E-state index in [9.17, 15) is 13.6 Å². The number of rotatable bonds is 6. The highest BCUT2D eigenvalue weighted by atomic mass is 35.5. The molecule has 0 aliphatic rings. The lowest BCUT2D eigenvalue weighted by Crippen LogP contribution is -2.41. The first-order chi connectivity index (χ1) is 8.93. The summed E-state index contributed by atoms with van der Waals surface area (Å²) in [6, 6.07) is 4.21. The summed E-state index contributed by atoms with van der Waals surface area (Å²) in [6.45, 7) is 3.52. The molecule has 7 heteroatoms. The molecule has 1 atom stereocenters. The van der Waals surface area contributed by atoms with Crippen LogP contribution in [0.3, 0.4) is 0 Å². The predicted molar refractivity (Wildman–Crippen MR) is 73.4 cm³/mol. The zero-order valence-corrected chi connectivity index (χ0v) is 12.1. The van der Waals surface area contributed by atoms with Crippen molar-refractivity contribution in [3.05, 3.63) is 29.8 Å². The second-order valence-corrected chi connectivity index (χ2v) is 3.83. The second kappa shape index (κ2) is 8.01. The van der Waals surface area contributed by atoms with Crippen LogP contribution >= 0.6 is 12.4 Å². The van der Waals surface area contributed by atoms with Crippen LogP contribution in [0.5, 0.6) is 5.75 Å². The Morgan fingerprint density at radius 3 is 2.55 bits per heavy atom. The van der Waals surface area contributed by atoms with Gasteiger partial charge in [0, 0.05) is 0 Å². The lowest BCUT2D eigenvalue weighted by molar-refractivity contribution is -0.174. The van der Waals surface area contributed by atoms with E-state index >= 15 is 0 Å². The van der Waals surface area contributed by atoms with Crippen LogP contribution in [0.2, 0.25) is 0 Å². The highest BCUT2D eigenvalue weighted by molar-refractivity contribution is 5.85. The van der Waals surface area contributed by atoms with E-state index in [2.05, 4.69) is 4.74 Å². The first-order valence-corrected chi connectivity index (χ1v) is 5.96. The van der Waals surface area contributed by atoms with E-state index in [4.69, 9.17) is 10.5 Å². The molecule has 0 spiro atoms. The van der Waals surface area contributed by atoms with E-state index in [1.165, 1.54) is 19.1 Å². The molecule has 0 saturated heterocycles. The van der Waals surface area contributed by atoms with E-state index < -0.39 is 17.9 Å². The molecule has 0 aliphatic carbocycles. The molecule has 0 amide bonds. The van der Waals surface area contributed by atoms with Crippen LogP contribution in [-0.2, 0) is 9.53 Å². The summed E-state index contributed by atoms with van der Waals surface area (Å²) in [7, 11) is 0. The van der Waals surface area contributed by atoms with Crippen molar-refractivity contribution in [2.45, 2.75) is 25.8 Å².